The molecule has 1 N–H and O–H groups in total. The molecule has 0 aromatic carbocycles. The van der Waals surface area contributed by atoms with Crippen LogP contribution in [0, 0.1) is 0 Å². The van der Waals surface area contributed by atoms with Gasteiger partial charge in [0.1, 0.15) is 0 Å². The molecule has 0 aromatic heterocycles. The Bertz CT molecular complexity index is 212. The molecule has 1 saturated heterocycles. The maximum atomic E-state index is 11.9. The Labute approximate surface area is 99.0 Å². The second-order valence-corrected chi connectivity index (χ2v) is 4.82. The van der Waals surface area contributed by atoms with Gasteiger partial charge in [-0.1, -0.05) is 6.42 Å². The van der Waals surface area contributed by atoms with Crippen molar-refractivity contribution in [2.45, 2.75) is 32.2 Å². The first-order valence-electron chi connectivity index (χ1n) is 6.29. The number of carbonyl (C=O) groups is 1. The quantitative estimate of drug-likeness (QED) is 0.744. The van der Waals surface area contributed by atoms with Crippen LogP contribution in [0.3, 0.4) is 0 Å². The SMILES string of the molecule is CCN(CC1CCCCN1)C(=O)CN(C)C. The van der Waals surface area contributed by atoms with Gasteiger partial charge in [-0.3, -0.25) is 4.79 Å². The van der Waals surface area contributed by atoms with E-state index in [9.17, 15) is 4.79 Å². The summed E-state index contributed by atoms with van der Waals surface area (Å²) in [5.74, 6) is 0.236. The molecule has 1 atom stereocenters. The topological polar surface area (TPSA) is 35.6 Å². The number of nitrogens with zero attached hydrogens (tertiary/aromatic N) is 2. The summed E-state index contributed by atoms with van der Waals surface area (Å²) in [5, 5.41) is 3.48. The van der Waals surface area contributed by atoms with E-state index < -0.39 is 0 Å². The molecule has 1 aliphatic heterocycles. The number of carbonyl (C=O) groups excluding carboxylic acids is 1. The summed E-state index contributed by atoms with van der Waals surface area (Å²) in [6, 6.07) is 0.500. The lowest BCUT2D eigenvalue weighted by atomic mass is 10.0. The third kappa shape index (κ3) is 4.49. The van der Waals surface area contributed by atoms with Crippen LogP contribution in [0.1, 0.15) is 26.2 Å². The van der Waals surface area contributed by atoms with Crippen LogP contribution in [0.2, 0.25) is 0 Å². The molecule has 4 heteroatoms. The minimum absolute atomic E-state index is 0.236. The maximum absolute atomic E-state index is 11.9. The van der Waals surface area contributed by atoms with Crippen molar-refractivity contribution in [2.75, 3.05) is 40.3 Å². The average molecular weight is 227 g/mol. The van der Waals surface area contributed by atoms with Crippen LogP contribution in [0.15, 0.2) is 0 Å². The molecule has 1 heterocycles. The minimum Gasteiger partial charge on any atom is -0.340 e. The summed E-state index contributed by atoms with van der Waals surface area (Å²) < 4.78 is 0. The molecule has 0 bridgehead atoms. The molecule has 4 nitrogen and oxygen atoms in total. The fraction of sp³-hybridized carbons (Fsp3) is 0.917. The van der Waals surface area contributed by atoms with Crippen molar-refractivity contribution in [1.29, 1.82) is 0 Å². The molecule has 0 aromatic rings. The highest BCUT2D eigenvalue weighted by Gasteiger charge is 2.19. The van der Waals surface area contributed by atoms with Crippen LogP contribution < -0.4 is 5.32 Å². The smallest absolute Gasteiger partial charge is 0.236 e. The van der Waals surface area contributed by atoms with Gasteiger partial charge in [0, 0.05) is 19.1 Å². The van der Waals surface area contributed by atoms with Gasteiger partial charge in [0.15, 0.2) is 0 Å². The second kappa shape index (κ2) is 6.86. The van der Waals surface area contributed by atoms with Gasteiger partial charge in [-0.05, 0) is 40.4 Å². The third-order valence-electron chi connectivity index (χ3n) is 3.04. The van der Waals surface area contributed by atoms with E-state index in [4.69, 9.17) is 0 Å². The number of hydrogen-bond donors (Lipinski definition) is 1. The molecule has 1 unspecified atom stereocenters. The minimum atomic E-state index is 0.236. The summed E-state index contributed by atoms with van der Waals surface area (Å²) in [6.07, 6.45) is 3.76. The van der Waals surface area contributed by atoms with Gasteiger partial charge in [-0.25, -0.2) is 0 Å². The van der Waals surface area contributed by atoms with Gasteiger partial charge in [0.2, 0.25) is 5.91 Å². The number of likely N-dealkylation sites (N-methyl/N-ethyl adjacent to an activating group) is 2. The van der Waals surface area contributed by atoms with E-state index in [0.29, 0.717) is 12.6 Å². The van der Waals surface area contributed by atoms with Gasteiger partial charge in [-0.2, -0.15) is 0 Å². The lowest BCUT2D eigenvalue weighted by Gasteiger charge is -2.30. The lowest BCUT2D eigenvalue weighted by Crippen LogP contribution is -2.47. The molecule has 1 aliphatic rings. The van der Waals surface area contributed by atoms with Crippen LogP contribution in [0.5, 0.6) is 0 Å². The largest absolute Gasteiger partial charge is 0.340 e. The van der Waals surface area contributed by atoms with Gasteiger partial charge < -0.3 is 15.1 Å². The fourth-order valence-electron chi connectivity index (χ4n) is 2.12. The summed E-state index contributed by atoms with van der Waals surface area (Å²) in [5.41, 5.74) is 0. The Kier molecular flexibility index (Phi) is 5.77. The van der Waals surface area contributed by atoms with E-state index in [1.807, 2.05) is 23.9 Å². The summed E-state index contributed by atoms with van der Waals surface area (Å²) in [4.78, 5) is 15.8. The molecular weight excluding hydrogens is 202 g/mol. The Morgan fingerprint density at radius 3 is 2.62 bits per heavy atom. The van der Waals surface area contributed by atoms with Crippen molar-refractivity contribution >= 4 is 5.91 Å². The second-order valence-electron chi connectivity index (χ2n) is 4.82. The number of hydrogen-bond acceptors (Lipinski definition) is 3. The summed E-state index contributed by atoms with van der Waals surface area (Å²) >= 11 is 0. The summed E-state index contributed by atoms with van der Waals surface area (Å²) in [7, 11) is 3.87. The molecule has 0 saturated carbocycles. The molecular formula is C12H25N3O. The Morgan fingerprint density at radius 1 is 1.38 bits per heavy atom. The number of nitrogens with one attached hydrogen (secondary N) is 1. The molecule has 1 amide bonds. The molecule has 94 valence electrons. The third-order valence-corrected chi connectivity index (χ3v) is 3.04. The van der Waals surface area contributed by atoms with Gasteiger partial charge in [0.25, 0.3) is 0 Å². The zero-order chi connectivity index (χ0) is 12.0. The van der Waals surface area contributed by atoms with E-state index in [0.717, 1.165) is 19.6 Å². The molecule has 16 heavy (non-hydrogen) atoms. The van der Waals surface area contributed by atoms with Gasteiger partial charge >= 0.3 is 0 Å². The first kappa shape index (κ1) is 13.5. The van der Waals surface area contributed by atoms with Crippen molar-refractivity contribution in [3.8, 4) is 0 Å². The van der Waals surface area contributed by atoms with Crippen molar-refractivity contribution in [3.05, 3.63) is 0 Å². The highest BCUT2D eigenvalue weighted by Crippen LogP contribution is 2.08. The lowest BCUT2D eigenvalue weighted by molar-refractivity contribution is -0.132. The van der Waals surface area contributed by atoms with E-state index in [2.05, 4.69) is 12.2 Å². The highest BCUT2D eigenvalue weighted by atomic mass is 16.2. The standard InChI is InChI=1S/C12H25N3O/c1-4-15(12(16)10-14(2)3)9-11-7-5-6-8-13-11/h11,13H,4-10H2,1-3H3. The number of piperidine rings is 1. The zero-order valence-corrected chi connectivity index (χ0v) is 10.8. The maximum Gasteiger partial charge on any atom is 0.236 e. The van der Waals surface area contributed by atoms with Crippen LogP contribution >= 0.6 is 0 Å². The van der Waals surface area contributed by atoms with Crippen LogP contribution in [0.25, 0.3) is 0 Å². The predicted octanol–water partition coefficient (Wildman–Crippen LogP) is 0.539. The van der Waals surface area contributed by atoms with Gasteiger partial charge in [0.05, 0.1) is 6.54 Å². The first-order valence-corrected chi connectivity index (χ1v) is 6.29. The number of amides is 1. The molecule has 0 radical (unpaired) electrons. The zero-order valence-electron chi connectivity index (χ0n) is 10.8. The van der Waals surface area contributed by atoms with E-state index in [-0.39, 0.29) is 5.91 Å². The fourth-order valence-corrected chi connectivity index (χ4v) is 2.12. The molecule has 0 aliphatic carbocycles. The average Bonchev–Trinajstić information content (AvgIpc) is 2.26. The highest BCUT2D eigenvalue weighted by molar-refractivity contribution is 5.78. The normalized spacial score (nSPS) is 21.1. The Morgan fingerprint density at radius 2 is 2.12 bits per heavy atom. The Balaban J connectivity index is 2.37. The summed E-state index contributed by atoms with van der Waals surface area (Å²) in [6.45, 7) is 5.34. The first-order chi connectivity index (χ1) is 7.63. The van der Waals surface area contributed by atoms with E-state index in [1.165, 1.54) is 19.3 Å². The number of rotatable bonds is 5. The van der Waals surface area contributed by atoms with Gasteiger partial charge in [-0.15, -0.1) is 0 Å². The van der Waals surface area contributed by atoms with Crippen molar-refractivity contribution < 1.29 is 4.79 Å². The van der Waals surface area contributed by atoms with Crippen molar-refractivity contribution in [3.63, 3.8) is 0 Å². The van der Waals surface area contributed by atoms with Crippen molar-refractivity contribution in [1.82, 2.24) is 15.1 Å². The molecule has 1 rings (SSSR count). The molecule has 0 spiro atoms. The van der Waals surface area contributed by atoms with Crippen LogP contribution in [-0.2, 0) is 4.79 Å². The van der Waals surface area contributed by atoms with Crippen molar-refractivity contribution in [2.24, 2.45) is 0 Å². The predicted molar refractivity (Wildman–Crippen MR) is 66.4 cm³/mol. The van der Waals surface area contributed by atoms with E-state index in [1.54, 1.807) is 0 Å². The van der Waals surface area contributed by atoms with Crippen LogP contribution in [0.4, 0.5) is 0 Å². The van der Waals surface area contributed by atoms with E-state index >= 15 is 0 Å². The Hall–Kier alpha value is -0.610. The monoisotopic (exact) mass is 227 g/mol. The molecule has 1 fully saturated rings. The van der Waals surface area contributed by atoms with Crippen LogP contribution in [-0.4, -0.2) is 62.0 Å².